The average Bonchev–Trinajstić information content (AvgIpc) is 2.83. The van der Waals surface area contributed by atoms with Gasteiger partial charge in [0.1, 0.15) is 6.61 Å². The van der Waals surface area contributed by atoms with Gasteiger partial charge in [0.15, 0.2) is 0 Å². The minimum atomic E-state index is -0.475. The quantitative estimate of drug-likeness (QED) is 0.363. The maximum Gasteiger partial charge on any atom is 0.311 e. The van der Waals surface area contributed by atoms with Crippen molar-refractivity contribution in [3.8, 4) is 0 Å². The van der Waals surface area contributed by atoms with Crippen molar-refractivity contribution in [2.75, 3.05) is 19.8 Å². The predicted octanol–water partition coefficient (Wildman–Crippen LogP) is 2.67. The summed E-state index contributed by atoms with van der Waals surface area (Å²) in [5.41, 5.74) is 1.37. The Morgan fingerprint density at radius 3 is 2.14 bits per heavy atom. The monoisotopic (exact) mass is 425 g/mol. The van der Waals surface area contributed by atoms with Crippen LogP contribution in [0.25, 0.3) is 0 Å². The highest BCUT2D eigenvalue weighted by atomic mass is 79.9. The van der Waals surface area contributed by atoms with Crippen molar-refractivity contribution in [3.05, 3.63) is 11.4 Å². The zero-order valence-corrected chi connectivity index (χ0v) is 15.7. The van der Waals surface area contributed by atoms with Crippen LogP contribution in [-0.4, -0.2) is 40.8 Å². The molecule has 6 nitrogen and oxygen atoms in total. The van der Waals surface area contributed by atoms with E-state index < -0.39 is 5.41 Å². The van der Waals surface area contributed by atoms with Crippen LogP contribution in [0.5, 0.6) is 0 Å². The molecule has 0 aliphatic rings. The molecule has 0 aliphatic carbocycles. The lowest BCUT2D eigenvalue weighted by atomic mass is 9.97. The summed E-state index contributed by atoms with van der Waals surface area (Å²) in [6.07, 6.45) is 0. The number of carbonyl (C=O) groups is 1. The SMILES string of the molecule is CC(C)(C)C(=O)OCCOCCn1nc(CBr)c(CBr)n1. The molecule has 0 aromatic carbocycles. The van der Waals surface area contributed by atoms with E-state index in [1.54, 1.807) is 4.80 Å². The van der Waals surface area contributed by atoms with Crippen molar-refractivity contribution >= 4 is 37.8 Å². The molecule has 0 amide bonds. The number of carbonyl (C=O) groups excluding carboxylic acids is 1. The summed E-state index contributed by atoms with van der Waals surface area (Å²) < 4.78 is 10.5. The van der Waals surface area contributed by atoms with E-state index in [4.69, 9.17) is 9.47 Å². The summed E-state index contributed by atoms with van der Waals surface area (Å²) in [6.45, 7) is 7.15. The zero-order chi connectivity index (χ0) is 15.9. The second-order valence-corrected chi connectivity index (χ2v) is 6.58. The Bertz CT molecular complexity index is 437. The van der Waals surface area contributed by atoms with Gasteiger partial charge in [-0.15, -0.1) is 0 Å². The van der Waals surface area contributed by atoms with Crippen molar-refractivity contribution in [3.63, 3.8) is 0 Å². The van der Waals surface area contributed by atoms with Crippen molar-refractivity contribution in [2.24, 2.45) is 5.41 Å². The molecule has 0 fully saturated rings. The largest absolute Gasteiger partial charge is 0.463 e. The van der Waals surface area contributed by atoms with E-state index in [1.165, 1.54) is 0 Å². The number of rotatable bonds is 8. The Labute approximate surface area is 141 Å². The Hall–Kier alpha value is -0.470. The number of hydrogen-bond donors (Lipinski definition) is 0. The molecule has 1 aromatic rings. The number of hydrogen-bond acceptors (Lipinski definition) is 5. The molecule has 0 atom stereocenters. The summed E-state index contributed by atoms with van der Waals surface area (Å²) in [7, 11) is 0. The van der Waals surface area contributed by atoms with Gasteiger partial charge in [-0.2, -0.15) is 15.0 Å². The second-order valence-electron chi connectivity index (χ2n) is 5.45. The van der Waals surface area contributed by atoms with Crippen LogP contribution in [0, 0.1) is 5.41 Å². The fraction of sp³-hybridized carbons (Fsp3) is 0.769. The molecular formula is C13H21Br2N3O3. The van der Waals surface area contributed by atoms with Crippen LogP contribution < -0.4 is 0 Å². The highest BCUT2D eigenvalue weighted by molar-refractivity contribution is 9.09. The van der Waals surface area contributed by atoms with Crippen LogP contribution in [0.3, 0.4) is 0 Å². The van der Waals surface area contributed by atoms with Crippen LogP contribution in [0.2, 0.25) is 0 Å². The standard InChI is InChI=1S/C13H21Br2N3O3/c1-13(2,3)12(19)21-7-6-20-5-4-18-16-10(8-14)11(9-15)17-18/h4-9H2,1-3H3. The Balaban J connectivity index is 2.20. The molecule has 0 saturated heterocycles. The number of halogens is 2. The molecule has 8 heteroatoms. The minimum absolute atomic E-state index is 0.219. The van der Waals surface area contributed by atoms with Gasteiger partial charge in [0.05, 0.1) is 36.6 Å². The van der Waals surface area contributed by atoms with Crippen LogP contribution >= 0.6 is 31.9 Å². The lowest BCUT2D eigenvalue weighted by molar-refractivity contribution is -0.154. The summed E-state index contributed by atoms with van der Waals surface area (Å²) in [4.78, 5) is 13.1. The molecule has 0 saturated carbocycles. The summed E-state index contributed by atoms with van der Waals surface area (Å²) in [5.74, 6) is -0.219. The lowest BCUT2D eigenvalue weighted by Crippen LogP contribution is -2.24. The van der Waals surface area contributed by atoms with Gasteiger partial charge < -0.3 is 9.47 Å². The first kappa shape index (κ1) is 18.6. The lowest BCUT2D eigenvalue weighted by Gasteiger charge is -2.16. The zero-order valence-electron chi connectivity index (χ0n) is 12.6. The number of ether oxygens (including phenoxy) is 2. The predicted molar refractivity (Wildman–Crippen MR) is 86.5 cm³/mol. The van der Waals surface area contributed by atoms with Crippen molar-refractivity contribution in [1.82, 2.24) is 15.0 Å². The van der Waals surface area contributed by atoms with E-state index in [0.29, 0.717) is 30.4 Å². The molecule has 0 bridgehead atoms. The first-order valence-corrected chi connectivity index (χ1v) is 8.92. The van der Waals surface area contributed by atoms with Crippen molar-refractivity contribution in [2.45, 2.75) is 38.0 Å². The third-order valence-corrected chi connectivity index (χ3v) is 3.63. The number of nitrogens with zero attached hydrogens (tertiary/aromatic N) is 3. The van der Waals surface area contributed by atoms with Crippen LogP contribution in [-0.2, 0) is 31.5 Å². The molecule has 1 aromatic heterocycles. The average molecular weight is 427 g/mol. The topological polar surface area (TPSA) is 66.2 Å². The Morgan fingerprint density at radius 2 is 1.67 bits per heavy atom. The van der Waals surface area contributed by atoms with E-state index in [0.717, 1.165) is 11.4 Å². The van der Waals surface area contributed by atoms with Crippen LogP contribution in [0.15, 0.2) is 0 Å². The molecule has 0 radical (unpaired) electrons. The van der Waals surface area contributed by atoms with Gasteiger partial charge in [0.25, 0.3) is 0 Å². The molecule has 1 heterocycles. The highest BCUT2D eigenvalue weighted by Gasteiger charge is 2.22. The fourth-order valence-electron chi connectivity index (χ4n) is 1.38. The third-order valence-electron chi connectivity index (χ3n) is 2.57. The smallest absolute Gasteiger partial charge is 0.311 e. The molecule has 0 aliphatic heterocycles. The first-order valence-electron chi connectivity index (χ1n) is 6.68. The maximum absolute atomic E-state index is 11.5. The van der Waals surface area contributed by atoms with Crippen LogP contribution in [0.4, 0.5) is 0 Å². The first-order chi connectivity index (χ1) is 9.88. The maximum atomic E-state index is 11.5. The molecular weight excluding hydrogens is 406 g/mol. The Morgan fingerprint density at radius 1 is 1.10 bits per heavy atom. The van der Waals surface area contributed by atoms with Gasteiger partial charge in [0.2, 0.25) is 0 Å². The number of aromatic nitrogens is 3. The van der Waals surface area contributed by atoms with Gasteiger partial charge >= 0.3 is 5.97 Å². The van der Waals surface area contributed by atoms with Crippen molar-refractivity contribution < 1.29 is 14.3 Å². The van der Waals surface area contributed by atoms with Gasteiger partial charge in [0, 0.05) is 10.7 Å². The van der Waals surface area contributed by atoms with Gasteiger partial charge in [-0.1, -0.05) is 31.9 Å². The van der Waals surface area contributed by atoms with Crippen LogP contribution in [0.1, 0.15) is 32.2 Å². The van der Waals surface area contributed by atoms with Gasteiger partial charge in [-0.3, -0.25) is 4.79 Å². The summed E-state index contributed by atoms with van der Waals surface area (Å²) in [6, 6.07) is 0. The number of alkyl halides is 2. The van der Waals surface area contributed by atoms with E-state index in [9.17, 15) is 4.79 Å². The molecule has 1 rings (SSSR count). The highest BCUT2D eigenvalue weighted by Crippen LogP contribution is 2.14. The normalized spacial score (nSPS) is 11.7. The van der Waals surface area contributed by atoms with E-state index in [1.807, 2.05) is 20.8 Å². The molecule has 0 unspecified atom stereocenters. The Kier molecular flexibility index (Phi) is 7.83. The minimum Gasteiger partial charge on any atom is -0.463 e. The molecule has 0 spiro atoms. The molecule has 120 valence electrons. The second kappa shape index (κ2) is 8.85. The molecule has 0 N–H and O–H groups in total. The summed E-state index contributed by atoms with van der Waals surface area (Å²) >= 11 is 6.76. The van der Waals surface area contributed by atoms with Gasteiger partial charge in [-0.05, 0) is 20.8 Å². The van der Waals surface area contributed by atoms with Gasteiger partial charge in [-0.25, -0.2) is 0 Å². The van der Waals surface area contributed by atoms with E-state index in [-0.39, 0.29) is 12.6 Å². The fourth-order valence-corrected chi connectivity index (χ4v) is 2.25. The summed E-state index contributed by atoms with van der Waals surface area (Å²) in [5, 5.41) is 10.0. The van der Waals surface area contributed by atoms with E-state index in [2.05, 4.69) is 42.1 Å². The third kappa shape index (κ3) is 6.44. The molecule has 21 heavy (non-hydrogen) atoms. The number of esters is 1. The van der Waals surface area contributed by atoms with E-state index >= 15 is 0 Å². The van der Waals surface area contributed by atoms with Crippen molar-refractivity contribution in [1.29, 1.82) is 0 Å².